The molecule has 24 heavy (non-hydrogen) atoms. The molecule has 0 radical (unpaired) electrons. The molecule has 3 rings (SSSR count). The smallest absolute Gasteiger partial charge is 0.260 e. The van der Waals surface area contributed by atoms with E-state index in [1.54, 1.807) is 0 Å². The molecule has 1 fully saturated rings. The number of rotatable bonds is 4. The zero-order valence-corrected chi connectivity index (χ0v) is 16.0. The minimum Gasteiger partial charge on any atom is -0.339 e. The van der Waals surface area contributed by atoms with E-state index >= 15 is 0 Å². The molecule has 130 valence electrons. The van der Waals surface area contributed by atoms with Crippen molar-refractivity contribution < 1.29 is 4.79 Å². The molecule has 1 saturated heterocycles. The summed E-state index contributed by atoms with van der Waals surface area (Å²) in [5, 5.41) is 1.21. The molecule has 0 saturated carbocycles. The maximum atomic E-state index is 12.5. The van der Waals surface area contributed by atoms with Crippen LogP contribution in [0, 0.1) is 13.8 Å². The lowest BCUT2D eigenvalue weighted by molar-refractivity contribution is -0.132. The molecule has 2 aromatic heterocycles. The highest BCUT2D eigenvalue weighted by molar-refractivity contribution is 7.99. The number of aromatic nitrogens is 2. The molecular formula is C17H23N3O2S2. The van der Waals surface area contributed by atoms with Crippen molar-refractivity contribution in [2.45, 2.75) is 57.7 Å². The molecule has 1 unspecified atom stereocenters. The van der Waals surface area contributed by atoms with Gasteiger partial charge in [0.2, 0.25) is 5.91 Å². The maximum absolute atomic E-state index is 12.5. The molecular weight excluding hydrogens is 342 g/mol. The number of likely N-dealkylation sites (tertiary alicyclic amines) is 1. The van der Waals surface area contributed by atoms with Crippen LogP contribution >= 0.6 is 23.1 Å². The molecule has 0 bridgehead atoms. The van der Waals surface area contributed by atoms with E-state index in [4.69, 9.17) is 0 Å². The standard InChI is InChI=1S/C17H23N3O2S2/c1-4-12-7-5-6-8-20(12)13(21)9-23-17-18-15(22)14-10(2)11(3)24-16(14)19-17/h12H,4-9H2,1-3H3,(H,18,19,22). The Morgan fingerprint density at radius 1 is 1.42 bits per heavy atom. The average molecular weight is 366 g/mol. The Hall–Kier alpha value is -1.34. The third kappa shape index (κ3) is 3.37. The van der Waals surface area contributed by atoms with Crippen LogP contribution in [-0.2, 0) is 4.79 Å². The number of fused-ring (bicyclic) bond motifs is 1. The van der Waals surface area contributed by atoms with Gasteiger partial charge in [0.15, 0.2) is 5.16 Å². The lowest BCUT2D eigenvalue weighted by Crippen LogP contribution is -2.44. The first-order chi connectivity index (χ1) is 11.5. The van der Waals surface area contributed by atoms with Gasteiger partial charge in [0.05, 0.1) is 11.1 Å². The number of H-pyrrole nitrogens is 1. The fraction of sp³-hybridized carbons (Fsp3) is 0.588. The number of hydrogen-bond donors (Lipinski definition) is 1. The average Bonchev–Trinajstić information content (AvgIpc) is 2.87. The van der Waals surface area contributed by atoms with E-state index in [1.807, 2.05) is 18.7 Å². The van der Waals surface area contributed by atoms with Crippen molar-refractivity contribution in [3.8, 4) is 0 Å². The van der Waals surface area contributed by atoms with Crippen molar-refractivity contribution >= 4 is 39.2 Å². The summed E-state index contributed by atoms with van der Waals surface area (Å²) in [6, 6.07) is 0.365. The van der Waals surface area contributed by atoms with Crippen LogP contribution in [0.15, 0.2) is 9.95 Å². The highest BCUT2D eigenvalue weighted by Gasteiger charge is 2.25. The molecule has 3 heterocycles. The Morgan fingerprint density at radius 2 is 2.21 bits per heavy atom. The quantitative estimate of drug-likeness (QED) is 0.665. The third-order valence-corrected chi connectivity index (χ3v) is 6.73. The number of carbonyl (C=O) groups is 1. The Balaban J connectivity index is 1.73. The van der Waals surface area contributed by atoms with Gasteiger partial charge in [-0.25, -0.2) is 4.98 Å². The van der Waals surface area contributed by atoms with Gasteiger partial charge in [0.25, 0.3) is 5.56 Å². The number of aromatic amines is 1. The molecule has 0 aliphatic carbocycles. The van der Waals surface area contributed by atoms with Crippen molar-refractivity contribution in [3.05, 3.63) is 20.8 Å². The van der Waals surface area contributed by atoms with Crippen molar-refractivity contribution in [3.63, 3.8) is 0 Å². The lowest BCUT2D eigenvalue weighted by Gasteiger charge is -2.35. The van der Waals surface area contributed by atoms with Gasteiger partial charge in [0.1, 0.15) is 4.83 Å². The summed E-state index contributed by atoms with van der Waals surface area (Å²) < 4.78 is 0. The van der Waals surface area contributed by atoms with Gasteiger partial charge < -0.3 is 9.88 Å². The highest BCUT2D eigenvalue weighted by atomic mass is 32.2. The van der Waals surface area contributed by atoms with E-state index in [2.05, 4.69) is 16.9 Å². The van der Waals surface area contributed by atoms with Gasteiger partial charge in [-0.15, -0.1) is 11.3 Å². The summed E-state index contributed by atoms with van der Waals surface area (Å²) in [7, 11) is 0. The number of hydrogen-bond acceptors (Lipinski definition) is 5. The summed E-state index contributed by atoms with van der Waals surface area (Å²) >= 11 is 2.86. The normalized spacial score (nSPS) is 18.3. The number of carbonyl (C=O) groups excluding carboxylic acids is 1. The molecule has 0 spiro atoms. The minimum atomic E-state index is -0.110. The summed E-state index contributed by atoms with van der Waals surface area (Å²) in [4.78, 5) is 36.0. The first-order valence-electron chi connectivity index (χ1n) is 8.43. The SMILES string of the molecule is CCC1CCCCN1C(=O)CSc1nc2sc(C)c(C)c2c(=O)[nH]1. The maximum Gasteiger partial charge on any atom is 0.260 e. The van der Waals surface area contributed by atoms with E-state index in [9.17, 15) is 9.59 Å². The van der Waals surface area contributed by atoms with Crippen molar-refractivity contribution in [2.24, 2.45) is 0 Å². The largest absolute Gasteiger partial charge is 0.339 e. The molecule has 7 heteroatoms. The van der Waals surface area contributed by atoms with Crippen molar-refractivity contribution in [1.29, 1.82) is 0 Å². The molecule has 5 nitrogen and oxygen atoms in total. The van der Waals surface area contributed by atoms with E-state index in [0.717, 1.165) is 41.1 Å². The Kier molecular flexibility index (Phi) is 5.30. The van der Waals surface area contributed by atoms with Crippen molar-refractivity contribution in [2.75, 3.05) is 12.3 Å². The van der Waals surface area contributed by atoms with Crippen LogP contribution in [0.4, 0.5) is 0 Å². The fourth-order valence-corrected chi connectivity index (χ4v) is 5.10. The Bertz CT molecular complexity index is 812. The number of thiophene rings is 1. The second-order valence-corrected chi connectivity index (χ2v) is 8.44. The molecule has 2 aromatic rings. The first-order valence-corrected chi connectivity index (χ1v) is 10.2. The number of amides is 1. The van der Waals surface area contributed by atoms with Crippen LogP contribution in [-0.4, -0.2) is 39.1 Å². The van der Waals surface area contributed by atoms with Crippen LogP contribution < -0.4 is 5.56 Å². The second kappa shape index (κ2) is 7.27. The van der Waals surface area contributed by atoms with E-state index in [0.29, 0.717) is 22.3 Å². The zero-order chi connectivity index (χ0) is 17.3. The van der Waals surface area contributed by atoms with Crippen LogP contribution in [0.2, 0.25) is 0 Å². The van der Waals surface area contributed by atoms with Crippen LogP contribution in [0.3, 0.4) is 0 Å². The lowest BCUT2D eigenvalue weighted by atomic mass is 10.0. The summed E-state index contributed by atoms with van der Waals surface area (Å²) in [5.41, 5.74) is 0.886. The van der Waals surface area contributed by atoms with Crippen LogP contribution in [0.1, 0.15) is 43.0 Å². The topological polar surface area (TPSA) is 66.1 Å². The van der Waals surface area contributed by atoms with Gasteiger partial charge in [-0.05, 0) is 45.1 Å². The monoisotopic (exact) mass is 365 g/mol. The summed E-state index contributed by atoms with van der Waals surface area (Å²) in [6.07, 6.45) is 4.40. The number of piperidine rings is 1. The van der Waals surface area contributed by atoms with E-state index < -0.39 is 0 Å². The molecule has 1 aliphatic heterocycles. The number of aryl methyl sites for hydroxylation is 2. The first kappa shape index (κ1) is 17.5. The summed E-state index contributed by atoms with van der Waals surface area (Å²) in [5.74, 6) is 0.474. The van der Waals surface area contributed by atoms with Gasteiger partial charge in [0, 0.05) is 17.5 Å². The Morgan fingerprint density at radius 3 is 2.96 bits per heavy atom. The van der Waals surface area contributed by atoms with E-state index in [-0.39, 0.29) is 11.5 Å². The summed E-state index contributed by atoms with van der Waals surface area (Å²) in [6.45, 7) is 6.93. The third-order valence-electron chi connectivity index (χ3n) is 4.77. The Labute approximate surface area is 149 Å². The molecule has 1 aliphatic rings. The molecule has 1 amide bonds. The second-order valence-electron chi connectivity index (χ2n) is 6.27. The molecule has 0 aromatic carbocycles. The zero-order valence-electron chi connectivity index (χ0n) is 14.3. The van der Waals surface area contributed by atoms with Gasteiger partial charge >= 0.3 is 0 Å². The van der Waals surface area contributed by atoms with Gasteiger partial charge in [-0.2, -0.15) is 0 Å². The molecule has 1 N–H and O–H groups in total. The minimum absolute atomic E-state index is 0.110. The number of nitrogens with one attached hydrogen (secondary N) is 1. The number of nitrogens with zero attached hydrogens (tertiary/aromatic N) is 2. The predicted octanol–water partition coefficient (Wildman–Crippen LogP) is 3.48. The van der Waals surface area contributed by atoms with E-state index in [1.165, 1.54) is 29.5 Å². The van der Waals surface area contributed by atoms with Crippen LogP contribution in [0.25, 0.3) is 10.2 Å². The number of thioether (sulfide) groups is 1. The highest BCUT2D eigenvalue weighted by Crippen LogP contribution is 2.27. The fourth-order valence-electron chi connectivity index (χ4n) is 3.27. The van der Waals surface area contributed by atoms with Crippen molar-refractivity contribution in [1.82, 2.24) is 14.9 Å². The van der Waals surface area contributed by atoms with Gasteiger partial charge in [-0.3, -0.25) is 9.59 Å². The predicted molar refractivity (Wildman–Crippen MR) is 100 cm³/mol. The van der Waals surface area contributed by atoms with Gasteiger partial charge in [-0.1, -0.05) is 18.7 Å². The van der Waals surface area contributed by atoms with Crippen LogP contribution in [0.5, 0.6) is 0 Å². The molecule has 1 atom stereocenters.